The van der Waals surface area contributed by atoms with Crippen LogP contribution >= 0.6 is 27.3 Å². The van der Waals surface area contributed by atoms with E-state index < -0.39 is 0 Å². The lowest BCUT2D eigenvalue weighted by molar-refractivity contribution is 0.0829. The monoisotopic (exact) mass is 283 g/mol. The molecule has 0 aliphatic heterocycles. The summed E-state index contributed by atoms with van der Waals surface area (Å²) in [6.45, 7) is 0. The average Bonchev–Trinajstić information content (AvgIpc) is 2.52. The molecule has 0 bridgehead atoms. The third kappa shape index (κ3) is 1.79. The fourth-order valence-electron chi connectivity index (χ4n) is 1.44. The molecule has 2 aromatic rings. The van der Waals surface area contributed by atoms with Crippen molar-refractivity contribution in [3.63, 3.8) is 0 Å². The van der Waals surface area contributed by atoms with Gasteiger partial charge in [-0.1, -0.05) is 18.2 Å². The standard InChI is InChI=1S/C11H10BrNOS/c1-13(2)11(14)9-7-5-3-4-6-8(7)15-10(9)12/h3-6H,1-2H3. The van der Waals surface area contributed by atoms with E-state index in [1.165, 1.54) is 0 Å². The third-order valence-corrected chi connectivity index (χ3v) is 4.01. The quantitative estimate of drug-likeness (QED) is 0.786. The molecule has 0 radical (unpaired) electrons. The number of carbonyl (C=O) groups is 1. The number of halogens is 1. The van der Waals surface area contributed by atoms with Crippen LogP contribution in [0.15, 0.2) is 28.1 Å². The van der Waals surface area contributed by atoms with Crippen LogP contribution in [0.5, 0.6) is 0 Å². The molecule has 0 N–H and O–H groups in total. The van der Waals surface area contributed by atoms with Crippen molar-refractivity contribution in [2.24, 2.45) is 0 Å². The predicted molar refractivity (Wildman–Crippen MR) is 67.5 cm³/mol. The second-order valence-electron chi connectivity index (χ2n) is 3.45. The lowest BCUT2D eigenvalue weighted by Crippen LogP contribution is -2.21. The summed E-state index contributed by atoms with van der Waals surface area (Å²) in [7, 11) is 3.53. The van der Waals surface area contributed by atoms with Crippen LogP contribution in [0, 0.1) is 0 Å². The van der Waals surface area contributed by atoms with Gasteiger partial charge < -0.3 is 4.90 Å². The van der Waals surface area contributed by atoms with Crippen LogP contribution in [0.2, 0.25) is 0 Å². The Morgan fingerprint density at radius 2 is 2.00 bits per heavy atom. The van der Waals surface area contributed by atoms with Crippen molar-refractivity contribution < 1.29 is 4.79 Å². The molecule has 2 nitrogen and oxygen atoms in total. The van der Waals surface area contributed by atoms with Crippen molar-refractivity contribution in [3.8, 4) is 0 Å². The number of nitrogens with zero attached hydrogens (tertiary/aromatic N) is 1. The zero-order valence-corrected chi connectivity index (χ0v) is 10.9. The predicted octanol–water partition coefficient (Wildman–Crippen LogP) is 3.37. The molecule has 0 fully saturated rings. The third-order valence-electron chi connectivity index (χ3n) is 2.17. The zero-order valence-electron chi connectivity index (χ0n) is 8.45. The van der Waals surface area contributed by atoms with Crippen LogP contribution in [0.4, 0.5) is 0 Å². The Kier molecular flexibility index (Phi) is 2.80. The van der Waals surface area contributed by atoms with Gasteiger partial charge in [-0.15, -0.1) is 11.3 Å². The minimum absolute atomic E-state index is 0.0410. The highest BCUT2D eigenvalue weighted by molar-refractivity contribution is 9.11. The summed E-state index contributed by atoms with van der Waals surface area (Å²) in [4.78, 5) is 13.5. The summed E-state index contributed by atoms with van der Waals surface area (Å²) in [6, 6.07) is 7.94. The normalized spacial score (nSPS) is 10.6. The van der Waals surface area contributed by atoms with E-state index in [0.717, 1.165) is 19.4 Å². The first kappa shape index (κ1) is 10.6. The minimum atomic E-state index is 0.0410. The summed E-state index contributed by atoms with van der Waals surface area (Å²) in [6.07, 6.45) is 0. The van der Waals surface area contributed by atoms with E-state index >= 15 is 0 Å². The fourth-order valence-corrected chi connectivity index (χ4v) is 3.26. The van der Waals surface area contributed by atoms with Crippen molar-refractivity contribution in [2.45, 2.75) is 0 Å². The van der Waals surface area contributed by atoms with Gasteiger partial charge in [-0.2, -0.15) is 0 Å². The Hall–Kier alpha value is -0.870. The Labute approximate surface area is 101 Å². The first-order valence-corrected chi connectivity index (χ1v) is 6.11. The van der Waals surface area contributed by atoms with Crippen LogP contribution in [0.3, 0.4) is 0 Å². The summed E-state index contributed by atoms with van der Waals surface area (Å²) in [5, 5.41) is 1.02. The molecular formula is C11H10BrNOS. The van der Waals surface area contributed by atoms with Crippen molar-refractivity contribution >= 4 is 43.3 Å². The van der Waals surface area contributed by atoms with Crippen LogP contribution < -0.4 is 0 Å². The molecule has 0 saturated carbocycles. The molecule has 0 aliphatic rings. The Morgan fingerprint density at radius 3 is 2.67 bits per heavy atom. The second kappa shape index (κ2) is 3.94. The Balaban J connectivity index is 2.69. The van der Waals surface area contributed by atoms with Crippen LogP contribution in [-0.2, 0) is 0 Å². The van der Waals surface area contributed by atoms with Crippen LogP contribution in [-0.4, -0.2) is 24.9 Å². The highest BCUT2D eigenvalue weighted by Gasteiger charge is 2.18. The topological polar surface area (TPSA) is 20.3 Å². The van der Waals surface area contributed by atoms with Crippen molar-refractivity contribution in [3.05, 3.63) is 33.6 Å². The van der Waals surface area contributed by atoms with Crippen molar-refractivity contribution in [1.82, 2.24) is 4.90 Å². The summed E-state index contributed by atoms with van der Waals surface area (Å²) < 4.78 is 2.04. The largest absolute Gasteiger partial charge is 0.345 e. The fraction of sp³-hybridized carbons (Fsp3) is 0.182. The number of thiophene rings is 1. The van der Waals surface area contributed by atoms with Gasteiger partial charge in [0.25, 0.3) is 5.91 Å². The smallest absolute Gasteiger partial charge is 0.255 e. The van der Waals surface area contributed by atoms with Gasteiger partial charge in [0.05, 0.1) is 9.35 Å². The molecule has 2 rings (SSSR count). The molecule has 1 amide bonds. The first-order valence-electron chi connectivity index (χ1n) is 4.50. The molecular weight excluding hydrogens is 274 g/mol. The molecule has 1 aromatic heterocycles. The maximum atomic E-state index is 11.9. The maximum Gasteiger partial charge on any atom is 0.255 e. The molecule has 4 heteroatoms. The number of fused-ring (bicyclic) bond motifs is 1. The van der Waals surface area contributed by atoms with E-state index in [2.05, 4.69) is 15.9 Å². The number of hydrogen-bond acceptors (Lipinski definition) is 2. The van der Waals surface area contributed by atoms with E-state index in [9.17, 15) is 4.79 Å². The minimum Gasteiger partial charge on any atom is -0.345 e. The van der Waals surface area contributed by atoms with Crippen molar-refractivity contribution in [1.29, 1.82) is 0 Å². The number of amides is 1. The number of hydrogen-bond donors (Lipinski definition) is 0. The van der Waals surface area contributed by atoms with E-state index in [1.807, 2.05) is 24.3 Å². The molecule has 78 valence electrons. The lowest BCUT2D eigenvalue weighted by atomic mass is 10.1. The van der Waals surface area contributed by atoms with Gasteiger partial charge in [-0.25, -0.2) is 0 Å². The SMILES string of the molecule is CN(C)C(=O)c1c(Br)sc2ccccc12. The highest BCUT2D eigenvalue weighted by Crippen LogP contribution is 2.35. The van der Waals surface area contributed by atoms with Gasteiger partial charge in [-0.3, -0.25) is 4.79 Å². The molecule has 0 spiro atoms. The zero-order chi connectivity index (χ0) is 11.0. The summed E-state index contributed by atoms with van der Waals surface area (Å²) >= 11 is 5.04. The molecule has 0 saturated heterocycles. The van der Waals surface area contributed by atoms with Gasteiger partial charge in [0, 0.05) is 24.2 Å². The molecule has 15 heavy (non-hydrogen) atoms. The van der Waals surface area contributed by atoms with Gasteiger partial charge >= 0.3 is 0 Å². The van der Waals surface area contributed by atoms with Gasteiger partial charge in [0.15, 0.2) is 0 Å². The van der Waals surface area contributed by atoms with E-state index in [4.69, 9.17) is 0 Å². The molecule has 0 atom stereocenters. The van der Waals surface area contributed by atoms with Gasteiger partial charge in [0.2, 0.25) is 0 Å². The summed E-state index contributed by atoms with van der Waals surface area (Å²) in [5.41, 5.74) is 0.764. The maximum absolute atomic E-state index is 11.9. The number of carbonyl (C=O) groups excluding carboxylic acids is 1. The van der Waals surface area contributed by atoms with Gasteiger partial charge in [0.1, 0.15) is 0 Å². The molecule has 1 aromatic carbocycles. The molecule has 0 unspecified atom stereocenters. The Morgan fingerprint density at radius 1 is 1.33 bits per heavy atom. The highest BCUT2D eigenvalue weighted by atomic mass is 79.9. The lowest BCUT2D eigenvalue weighted by Gasteiger charge is -2.09. The molecule has 0 aliphatic carbocycles. The van der Waals surface area contributed by atoms with E-state index in [0.29, 0.717) is 0 Å². The van der Waals surface area contributed by atoms with Crippen LogP contribution in [0.1, 0.15) is 10.4 Å². The van der Waals surface area contributed by atoms with Crippen LogP contribution in [0.25, 0.3) is 10.1 Å². The Bertz CT molecular complexity index is 518. The first-order chi connectivity index (χ1) is 7.11. The van der Waals surface area contributed by atoms with Gasteiger partial charge in [-0.05, 0) is 22.0 Å². The second-order valence-corrected chi connectivity index (χ2v) is 5.82. The molecule has 1 heterocycles. The average molecular weight is 284 g/mol. The van der Waals surface area contributed by atoms with Crippen molar-refractivity contribution in [2.75, 3.05) is 14.1 Å². The number of benzene rings is 1. The number of rotatable bonds is 1. The summed E-state index contributed by atoms with van der Waals surface area (Å²) in [5.74, 6) is 0.0410. The van der Waals surface area contributed by atoms with E-state index in [-0.39, 0.29) is 5.91 Å². The van der Waals surface area contributed by atoms with E-state index in [1.54, 1.807) is 30.3 Å².